The molecular weight excluding hydrogens is 1440 g/mol. The fourth-order valence-corrected chi connectivity index (χ4v) is 10.5. The first-order valence-corrected chi connectivity index (χ1v) is 28.0. The van der Waals surface area contributed by atoms with Crippen LogP contribution in [-0.4, -0.2) is 59.6 Å². The number of anilines is 4. The zero-order valence-electron chi connectivity index (χ0n) is 38.7. The lowest BCUT2D eigenvalue weighted by Crippen LogP contribution is -2.41. The van der Waals surface area contributed by atoms with E-state index in [2.05, 4.69) is 69.1 Å². The number of hydrogen-bond donors (Lipinski definition) is 8. The smallest absolute Gasteiger partial charge is 0.259 e. The second kappa shape index (κ2) is 29.3. The SMILES string of the molecule is O=C(Nc1ccc(Br)cc1)c1cc(Br)cc(Br)c1O.O=C(Nc1ccc(Cl)cc1)c1cc(Cl)cc(Cl)c1O.O=C(Nc1cccc(Cl)c1)C1=CC(Cl)=CC(Cl)(Cl)C1O.O=C(Nc1cccc(Cl)c1)C1C=C(Cl)C=C(Cl)C1(O)Cl. The molecule has 0 heterocycles. The van der Waals surface area contributed by atoms with E-state index in [1.165, 1.54) is 36.4 Å². The zero-order chi connectivity index (χ0) is 57.8. The molecule has 0 aliphatic heterocycles. The number of phenolic OH excluding ortho intramolecular Hbond substituents is 2. The van der Waals surface area contributed by atoms with E-state index in [1.54, 1.807) is 97.1 Å². The molecule has 8 N–H and O–H groups in total. The highest BCUT2D eigenvalue weighted by Crippen LogP contribution is 2.41. The molecule has 6 aromatic carbocycles. The average molecular weight is 1470 g/mol. The fraction of sp³-hybridized carbons (Fsp3) is 0.0769. The van der Waals surface area contributed by atoms with Crippen molar-refractivity contribution in [3.63, 3.8) is 0 Å². The first-order valence-electron chi connectivity index (χ1n) is 21.5. The molecule has 3 atom stereocenters. The Morgan fingerprint density at radius 3 is 1.58 bits per heavy atom. The van der Waals surface area contributed by atoms with Crippen LogP contribution in [0.4, 0.5) is 22.7 Å². The Labute approximate surface area is 526 Å². The van der Waals surface area contributed by atoms with Gasteiger partial charge in [-0.15, -0.1) is 0 Å². The number of aliphatic hydroxyl groups excluding tert-OH is 1. The number of halogens is 14. The number of aliphatic hydroxyl groups is 2. The van der Waals surface area contributed by atoms with Crippen LogP contribution in [0.2, 0.25) is 25.1 Å². The summed E-state index contributed by atoms with van der Waals surface area (Å²) in [5, 5.41) is 50.3. The van der Waals surface area contributed by atoms with Crippen molar-refractivity contribution in [2.75, 3.05) is 21.3 Å². The number of rotatable bonds is 8. The summed E-state index contributed by atoms with van der Waals surface area (Å²) in [4.78, 5) is 48.4. The third-order valence-electron chi connectivity index (χ3n) is 10.1. The molecule has 6 aromatic rings. The largest absolute Gasteiger partial charge is 0.506 e. The standard InChI is InChI=1S/C13H8Br3NO2.2C13H9Cl4NO2.C13H8Cl3NO2/c14-7-1-3-9(4-2-7)17-13(19)10-5-8(15)6-11(16)12(10)18;14-7-2-1-3-9(4-7)18-12(20)10-5-8(15)6-13(16,17)11(10)19;14-7-2-1-3-9(4-7)18-12(19)10-5-8(15)6-11(16)13(10,17)20;14-7-1-3-9(4-2-7)17-13(19)10-5-8(15)6-11(16)12(10)18/h1-6,18H,(H,17,19);1-6,11,19H,(H,18,20);1-6,10,20H,(H,18,19);1-6,18H,(H,17,19). The first-order chi connectivity index (χ1) is 36.5. The van der Waals surface area contributed by atoms with E-state index in [0.717, 1.165) is 4.47 Å². The van der Waals surface area contributed by atoms with Crippen molar-refractivity contribution < 1.29 is 39.6 Å². The van der Waals surface area contributed by atoms with Crippen LogP contribution in [0.15, 0.2) is 180 Å². The van der Waals surface area contributed by atoms with Gasteiger partial charge in [0.25, 0.3) is 17.7 Å². The molecule has 408 valence electrons. The quantitative estimate of drug-likeness (QED) is 0.0689. The molecule has 0 radical (unpaired) electrons. The topological polar surface area (TPSA) is 197 Å². The lowest BCUT2D eigenvalue weighted by molar-refractivity contribution is -0.121. The molecule has 0 spiro atoms. The van der Waals surface area contributed by atoms with Gasteiger partial charge in [-0.3, -0.25) is 19.2 Å². The highest BCUT2D eigenvalue weighted by Gasteiger charge is 2.44. The van der Waals surface area contributed by atoms with Gasteiger partial charge in [0.15, 0.2) is 9.39 Å². The van der Waals surface area contributed by atoms with Crippen LogP contribution in [0.3, 0.4) is 0 Å². The van der Waals surface area contributed by atoms with E-state index in [9.17, 15) is 39.6 Å². The molecule has 2 aliphatic carbocycles. The van der Waals surface area contributed by atoms with Crippen LogP contribution in [0.25, 0.3) is 0 Å². The fourth-order valence-electron chi connectivity index (χ4n) is 6.36. The van der Waals surface area contributed by atoms with Gasteiger partial charge in [-0.05, 0) is 149 Å². The Balaban J connectivity index is 0.000000192. The van der Waals surface area contributed by atoms with E-state index in [1.807, 2.05) is 12.1 Å². The molecule has 4 amide bonds. The summed E-state index contributed by atoms with van der Waals surface area (Å²) in [5.41, 5.74) is 2.34. The summed E-state index contributed by atoms with van der Waals surface area (Å²) >= 11 is 73.9. The predicted octanol–water partition coefficient (Wildman–Crippen LogP) is 17.5. The van der Waals surface area contributed by atoms with Gasteiger partial charge < -0.3 is 41.7 Å². The molecule has 0 fully saturated rings. The van der Waals surface area contributed by atoms with Crippen molar-refractivity contribution in [2.45, 2.75) is 15.5 Å². The van der Waals surface area contributed by atoms with Crippen molar-refractivity contribution >= 4 is 222 Å². The minimum atomic E-state index is -2.03. The van der Waals surface area contributed by atoms with Crippen molar-refractivity contribution in [1.82, 2.24) is 0 Å². The van der Waals surface area contributed by atoms with Crippen molar-refractivity contribution in [3.05, 3.63) is 216 Å². The van der Waals surface area contributed by atoms with Crippen molar-refractivity contribution in [2.24, 2.45) is 5.92 Å². The van der Waals surface area contributed by atoms with Crippen LogP contribution in [0, 0.1) is 5.92 Å². The third kappa shape index (κ3) is 18.9. The minimum Gasteiger partial charge on any atom is -0.506 e. The van der Waals surface area contributed by atoms with Crippen LogP contribution in [0.5, 0.6) is 11.5 Å². The zero-order valence-corrected chi connectivity index (χ0v) is 51.8. The van der Waals surface area contributed by atoms with Crippen LogP contribution in [0.1, 0.15) is 20.7 Å². The van der Waals surface area contributed by atoms with E-state index >= 15 is 0 Å². The summed E-state index contributed by atoms with van der Waals surface area (Å²) in [6.07, 6.45) is 3.82. The van der Waals surface area contributed by atoms with Gasteiger partial charge in [-0.1, -0.05) is 172 Å². The van der Waals surface area contributed by atoms with Crippen LogP contribution in [-0.2, 0) is 9.59 Å². The molecule has 0 bridgehead atoms. The van der Waals surface area contributed by atoms with Gasteiger partial charge in [0.1, 0.15) is 23.5 Å². The van der Waals surface area contributed by atoms with Gasteiger partial charge in [0.2, 0.25) is 5.91 Å². The summed E-state index contributed by atoms with van der Waals surface area (Å²) in [6.45, 7) is 0. The maximum absolute atomic E-state index is 12.2. The van der Waals surface area contributed by atoms with Crippen molar-refractivity contribution in [3.8, 4) is 11.5 Å². The Morgan fingerprint density at radius 2 is 1.03 bits per heavy atom. The second-order valence-corrected chi connectivity index (χ2v) is 24.0. The lowest BCUT2D eigenvalue weighted by Gasteiger charge is -2.30. The Kier molecular flexibility index (Phi) is 24.5. The summed E-state index contributed by atoms with van der Waals surface area (Å²) < 4.78 is 0.451. The third-order valence-corrected chi connectivity index (χ3v) is 14.9. The van der Waals surface area contributed by atoms with Gasteiger partial charge in [-0.2, -0.15) is 0 Å². The molecule has 0 saturated carbocycles. The maximum Gasteiger partial charge on any atom is 0.259 e. The normalized spacial score (nSPS) is 17.0. The summed E-state index contributed by atoms with van der Waals surface area (Å²) in [5.74, 6) is -3.50. The Bertz CT molecular complexity index is 3250. The molecular formula is C52H34Br3Cl11N4O8. The number of allylic oxidation sites excluding steroid dienone is 4. The average Bonchev–Trinajstić information content (AvgIpc) is 3.36. The molecule has 0 saturated heterocycles. The number of carbonyl (C=O) groups is 4. The molecule has 12 nitrogen and oxygen atoms in total. The molecule has 3 unspecified atom stereocenters. The number of alkyl halides is 3. The maximum atomic E-state index is 12.2. The number of phenols is 2. The Hall–Kier alpha value is -3.69. The summed E-state index contributed by atoms with van der Waals surface area (Å²) in [7, 11) is 0. The predicted molar refractivity (Wildman–Crippen MR) is 328 cm³/mol. The molecule has 78 heavy (non-hydrogen) atoms. The first kappa shape index (κ1) is 65.1. The highest BCUT2D eigenvalue weighted by atomic mass is 79.9. The Morgan fingerprint density at radius 1 is 0.513 bits per heavy atom. The lowest BCUT2D eigenvalue weighted by atomic mass is 9.95. The van der Waals surface area contributed by atoms with E-state index in [-0.39, 0.29) is 59.2 Å². The number of carbonyl (C=O) groups excluding carboxylic acids is 4. The van der Waals surface area contributed by atoms with Crippen molar-refractivity contribution in [1.29, 1.82) is 0 Å². The number of aromatic hydroxyl groups is 2. The number of hydrogen-bond acceptors (Lipinski definition) is 8. The van der Waals surface area contributed by atoms with Gasteiger partial charge >= 0.3 is 0 Å². The van der Waals surface area contributed by atoms with Gasteiger partial charge in [-0.25, -0.2) is 0 Å². The van der Waals surface area contributed by atoms with Gasteiger partial charge in [0.05, 0.1) is 31.2 Å². The summed E-state index contributed by atoms with van der Waals surface area (Å²) in [6, 6.07) is 32.9. The van der Waals surface area contributed by atoms with E-state index < -0.39 is 39.1 Å². The van der Waals surface area contributed by atoms with Gasteiger partial charge in [0, 0.05) is 61.9 Å². The monoisotopic (exact) mass is 1460 g/mol. The molecule has 26 heteroatoms. The van der Waals surface area contributed by atoms with E-state index in [4.69, 9.17) is 128 Å². The molecule has 0 aromatic heterocycles. The van der Waals surface area contributed by atoms with E-state index in [0.29, 0.717) is 46.8 Å². The minimum absolute atomic E-state index is 0.00690. The molecule has 2 aliphatic rings. The van der Waals surface area contributed by atoms with Crippen LogP contribution < -0.4 is 21.3 Å². The number of benzene rings is 6. The highest BCUT2D eigenvalue weighted by molar-refractivity contribution is 9.11. The number of nitrogens with one attached hydrogen (secondary N) is 4. The van der Waals surface area contributed by atoms with Crippen LogP contribution >= 0.6 is 175 Å². The number of amides is 4. The molecule has 8 rings (SSSR count). The second-order valence-electron chi connectivity index (χ2n) is 15.9.